The van der Waals surface area contributed by atoms with Gasteiger partial charge in [-0.2, -0.15) is 13.2 Å². The second-order valence-electron chi connectivity index (χ2n) is 7.95. The highest BCUT2D eigenvalue weighted by molar-refractivity contribution is 7.22. The van der Waals surface area contributed by atoms with Gasteiger partial charge in [0.2, 0.25) is 5.91 Å². The average Bonchev–Trinajstić information content (AvgIpc) is 3.52. The maximum atomic E-state index is 13.5. The van der Waals surface area contributed by atoms with Crippen LogP contribution < -0.4 is 4.90 Å². The number of amides is 1. The molecule has 1 amide bonds. The number of fused-ring (bicyclic) bond motifs is 1. The maximum absolute atomic E-state index is 13.5. The lowest BCUT2D eigenvalue weighted by atomic mass is 10.0. The van der Waals surface area contributed by atoms with Crippen molar-refractivity contribution in [3.05, 3.63) is 108 Å². The van der Waals surface area contributed by atoms with Crippen LogP contribution in [0.2, 0.25) is 0 Å². The number of hydrogen-bond acceptors (Lipinski definition) is 4. The summed E-state index contributed by atoms with van der Waals surface area (Å²) in [5, 5.41) is 0.194. The zero-order valence-corrected chi connectivity index (χ0v) is 19.1. The number of thiazole rings is 1. The van der Waals surface area contributed by atoms with E-state index in [1.165, 1.54) is 17.2 Å². The van der Waals surface area contributed by atoms with E-state index >= 15 is 0 Å². The van der Waals surface area contributed by atoms with Crippen LogP contribution in [0.5, 0.6) is 0 Å². The van der Waals surface area contributed by atoms with Crippen LogP contribution in [-0.2, 0) is 23.9 Å². The van der Waals surface area contributed by atoms with E-state index in [-0.39, 0.29) is 29.5 Å². The fourth-order valence-electron chi connectivity index (χ4n) is 3.82. The van der Waals surface area contributed by atoms with Gasteiger partial charge < -0.3 is 4.42 Å². The number of para-hydroxylation sites is 1. The van der Waals surface area contributed by atoms with E-state index in [9.17, 15) is 18.0 Å². The number of carbonyl (C=O) groups excluding carboxylic acids is 1. The van der Waals surface area contributed by atoms with Gasteiger partial charge in [-0.1, -0.05) is 72.0 Å². The van der Waals surface area contributed by atoms with E-state index < -0.39 is 11.7 Å². The van der Waals surface area contributed by atoms with Gasteiger partial charge in [-0.3, -0.25) is 9.69 Å². The van der Waals surface area contributed by atoms with Crippen LogP contribution >= 0.6 is 11.3 Å². The molecule has 176 valence electrons. The van der Waals surface area contributed by atoms with Gasteiger partial charge in [-0.25, -0.2) is 4.98 Å². The van der Waals surface area contributed by atoms with E-state index in [1.807, 2.05) is 54.6 Å². The number of carbonyl (C=O) groups is 1. The molecule has 2 aromatic heterocycles. The summed E-state index contributed by atoms with van der Waals surface area (Å²) in [5.74, 6) is 0.217. The molecule has 2 heterocycles. The number of halogens is 3. The third kappa shape index (κ3) is 4.97. The van der Waals surface area contributed by atoms with Crippen molar-refractivity contribution < 1.29 is 22.4 Å². The molecule has 0 saturated carbocycles. The minimum absolute atomic E-state index is 0.0646. The van der Waals surface area contributed by atoms with Crippen LogP contribution in [0.3, 0.4) is 0 Å². The van der Waals surface area contributed by atoms with Crippen LogP contribution in [0.4, 0.5) is 18.3 Å². The number of rotatable bonds is 6. The van der Waals surface area contributed by atoms with Crippen molar-refractivity contribution in [3.63, 3.8) is 0 Å². The molecule has 4 nitrogen and oxygen atoms in total. The molecule has 0 atom stereocenters. The highest BCUT2D eigenvalue weighted by Crippen LogP contribution is 2.39. The molecule has 0 N–H and O–H groups in total. The molecule has 8 heteroatoms. The van der Waals surface area contributed by atoms with Crippen LogP contribution in [0.15, 0.2) is 95.6 Å². The lowest BCUT2D eigenvalue weighted by molar-refractivity contribution is -0.136. The molecule has 3 aromatic carbocycles. The van der Waals surface area contributed by atoms with Crippen LogP contribution in [0.1, 0.15) is 16.9 Å². The Kier molecular flexibility index (Phi) is 6.13. The van der Waals surface area contributed by atoms with Gasteiger partial charge >= 0.3 is 6.18 Å². The second kappa shape index (κ2) is 9.38. The molecular formula is C27H19F3N2O2S. The summed E-state index contributed by atoms with van der Waals surface area (Å²) in [6.45, 7) is 0.0646. The zero-order valence-electron chi connectivity index (χ0n) is 18.3. The summed E-state index contributed by atoms with van der Waals surface area (Å²) in [5.41, 5.74) is 1.90. The van der Waals surface area contributed by atoms with Crippen LogP contribution in [-0.4, -0.2) is 10.9 Å². The number of hydrogen-bond donors (Lipinski definition) is 0. The SMILES string of the molecule is O=C(Cc1ccc(-c2ccccc2)cc1)N(Cc1ccco1)c1nc2c(C(F)(F)F)cccc2s1. The van der Waals surface area contributed by atoms with Gasteiger partial charge in [-0.15, -0.1) is 0 Å². The number of alkyl halides is 3. The molecule has 5 aromatic rings. The minimum Gasteiger partial charge on any atom is -0.467 e. The first-order chi connectivity index (χ1) is 16.9. The fourth-order valence-corrected chi connectivity index (χ4v) is 4.83. The summed E-state index contributed by atoms with van der Waals surface area (Å²) < 4.78 is 46.3. The van der Waals surface area contributed by atoms with Gasteiger partial charge in [0.05, 0.1) is 35.0 Å². The number of aromatic nitrogens is 1. The predicted octanol–water partition coefficient (Wildman–Crippen LogP) is 7.35. The number of benzene rings is 3. The monoisotopic (exact) mass is 492 g/mol. The molecule has 0 bridgehead atoms. The van der Waals surface area contributed by atoms with Gasteiger partial charge in [-0.05, 0) is 41.0 Å². The van der Waals surface area contributed by atoms with Crippen molar-refractivity contribution in [2.24, 2.45) is 0 Å². The Labute approximate surface area is 203 Å². The molecule has 0 unspecified atom stereocenters. The Morgan fingerprint density at radius 1 is 0.886 bits per heavy atom. The van der Waals surface area contributed by atoms with E-state index in [0.29, 0.717) is 10.5 Å². The van der Waals surface area contributed by atoms with Crippen molar-refractivity contribution >= 4 is 32.6 Å². The van der Waals surface area contributed by atoms with Gasteiger partial charge in [0, 0.05) is 0 Å². The van der Waals surface area contributed by atoms with E-state index in [4.69, 9.17) is 4.42 Å². The second-order valence-corrected chi connectivity index (χ2v) is 8.95. The molecule has 5 rings (SSSR count). The molecular weight excluding hydrogens is 473 g/mol. The Balaban J connectivity index is 1.45. The lowest BCUT2D eigenvalue weighted by Crippen LogP contribution is -2.31. The van der Waals surface area contributed by atoms with Crippen molar-refractivity contribution in [1.82, 2.24) is 4.98 Å². The molecule has 0 aliphatic heterocycles. The van der Waals surface area contributed by atoms with Crippen molar-refractivity contribution in [3.8, 4) is 11.1 Å². The van der Waals surface area contributed by atoms with E-state index in [2.05, 4.69) is 4.98 Å². The Bertz CT molecular complexity index is 1440. The first kappa shape index (κ1) is 22.9. The molecule has 0 saturated heterocycles. The Morgan fingerprint density at radius 3 is 2.31 bits per heavy atom. The smallest absolute Gasteiger partial charge is 0.418 e. The van der Waals surface area contributed by atoms with Gasteiger partial charge in [0.25, 0.3) is 0 Å². The third-order valence-electron chi connectivity index (χ3n) is 5.56. The largest absolute Gasteiger partial charge is 0.467 e. The molecule has 0 radical (unpaired) electrons. The Morgan fingerprint density at radius 2 is 1.63 bits per heavy atom. The summed E-state index contributed by atoms with van der Waals surface area (Å²) in [6, 6.07) is 24.9. The number of furan rings is 1. The lowest BCUT2D eigenvalue weighted by Gasteiger charge is -2.19. The topological polar surface area (TPSA) is 46.3 Å². The molecule has 35 heavy (non-hydrogen) atoms. The summed E-state index contributed by atoms with van der Waals surface area (Å²) >= 11 is 1.05. The first-order valence-corrected chi connectivity index (χ1v) is 11.6. The van der Waals surface area contributed by atoms with Crippen LogP contribution in [0, 0.1) is 0 Å². The molecule has 0 aliphatic carbocycles. The normalized spacial score (nSPS) is 11.6. The van der Waals surface area contributed by atoms with Gasteiger partial charge in [0.1, 0.15) is 5.76 Å². The van der Waals surface area contributed by atoms with Crippen molar-refractivity contribution in [2.45, 2.75) is 19.1 Å². The molecule has 0 fully saturated rings. The zero-order chi connectivity index (χ0) is 24.4. The highest BCUT2D eigenvalue weighted by Gasteiger charge is 2.34. The molecule has 0 spiro atoms. The Hall–Kier alpha value is -3.91. The third-order valence-corrected chi connectivity index (χ3v) is 6.60. The minimum atomic E-state index is -4.54. The first-order valence-electron chi connectivity index (χ1n) is 10.8. The summed E-state index contributed by atoms with van der Waals surface area (Å²) in [6.07, 6.45) is -2.99. The van der Waals surface area contributed by atoms with Crippen molar-refractivity contribution in [1.29, 1.82) is 0 Å². The van der Waals surface area contributed by atoms with E-state index in [0.717, 1.165) is 34.1 Å². The number of anilines is 1. The summed E-state index contributed by atoms with van der Waals surface area (Å²) in [4.78, 5) is 19.0. The highest BCUT2D eigenvalue weighted by atomic mass is 32.1. The standard InChI is InChI=1S/C27H19F3N2O2S/c28-27(29,30)22-9-4-10-23-25(22)31-26(35-23)32(17-21-8-5-15-34-21)24(33)16-18-11-13-20(14-12-18)19-6-2-1-3-7-19/h1-15H,16-17H2. The van der Waals surface area contributed by atoms with Crippen molar-refractivity contribution in [2.75, 3.05) is 4.90 Å². The molecule has 0 aliphatic rings. The predicted molar refractivity (Wildman–Crippen MR) is 130 cm³/mol. The van der Waals surface area contributed by atoms with Gasteiger partial charge in [0.15, 0.2) is 5.13 Å². The number of nitrogens with zero attached hydrogens (tertiary/aromatic N) is 2. The fraction of sp³-hybridized carbons (Fsp3) is 0.111. The summed E-state index contributed by atoms with van der Waals surface area (Å²) in [7, 11) is 0. The quantitative estimate of drug-likeness (QED) is 0.249. The van der Waals surface area contributed by atoms with E-state index in [1.54, 1.807) is 18.2 Å². The van der Waals surface area contributed by atoms with Crippen LogP contribution in [0.25, 0.3) is 21.3 Å². The maximum Gasteiger partial charge on any atom is 0.418 e. The average molecular weight is 493 g/mol.